The fraction of sp³-hybridized carbons (Fsp3) is 0.348. The number of amides is 1. The van der Waals surface area contributed by atoms with Crippen LogP contribution in [-0.4, -0.2) is 40.0 Å². The first-order valence-corrected chi connectivity index (χ1v) is 9.87. The van der Waals surface area contributed by atoms with Crippen molar-refractivity contribution in [1.82, 2.24) is 14.9 Å². The highest BCUT2D eigenvalue weighted by Gasteiger charge is 2.25. The maximum absolute atomic E-state index is 12.1. The maximum atomic E-state index is 12.1. The van der Waals surface area contributed by atoms with Gasteiger partial charge in [0.2, 0.25) is 5.91 Å². The normalized spacial score (nSPS) is 14.2. The first-order valence-electron chi connectivity index (χ1n) is 9.87. The Balaban J connectivity index is 0.00000160. The van der Waals surface area contributed by atoms with Gasteiger partial charge in [-0.3, -0.25) is 14.8 Å². The van der Waals surface area contributed by atoms with Crippen LogP contribution in [0, 0.1) is 5.92 Å². The lowest BCUT2D eigenvalue weighted by Crippen LogP contribution is -2.43. The number of rotatable bonds is 4. The molecule has 0 atom stereocenters. The SMILES string of the molecule is CC(C)C(=O)N1CCC(Oc2ccc(-c3ccc4cccnc4c3)nc2)CC1.Cl.Cl. The third-order valence-corrected chi connectivity index (χ3v) is 5.19. The molecule has 0 saturated carbocycles. The van der Waals surface area contributed by atoms with Crippen LogP contribution in [0.15, 0.2) is 54.9 Å². The number of hydrogen-bond acceptors (Lipinski definition) is 4. The van der Waals surface area contributed by atoms with Crippen LogP contribution in [0.4, 0.5) is 0 Å². The first kappa shape index (κ1) is 23.9. The summed E-state index contributed by atoms with van der Waals surface area (Å²) in [5.41, 5.74) is 2.90. The Kier molecular flexibility index (Phi) is 8.44. The van der Waals surface area contributed by atoms with Crippen molar-refractivity contribution in [3.05, 3.63) is 54.9 Å². The summed E-state index contributed by atoms with van der Waals surface area (Å²) in [6, 6.07) is 14.1. The van der Waals surface area contributed by atoms with Gasteiger partial charge < -0.3 is 9.64 Å². The minimum atomic E-state index is 0. The first-order chi connectivity index (χ1) is 13.6. The maximum Gasteiger partial charge on any atom is 0.225 e. The Bertz CT molecular complexity index is 972. The van der Waals surface area contributed by atoms with Crippen molar-refractivity contribution >= 4 is 41.6 Å². The highest BCUT2D eigenvalue weighted by Crippen LogP contribution is 2.25. The molecule has 1 saturated heterocycles. The quantitative estimate of drug-likeness (QED) is 0.553. The van der Waals surface area contributed by atoms with Gasteiger partial charge in [0.15, 0.2) is 0 Å². The minimum absolute atomic E-state index is 0. The number of nitrogens with zero attached hydrogens (tertiary/aromatic N) is 3. The van der Waals surface area contributed by atoms with Crippen molar-refractivity contribution < 1.29 is 9.53 Å². The van der Waals surface area contributed by atoms with Gasteiger partial charge in [0.25, 0.3) is 0 Å². The van der Waals surface area contributed by atoms with Gasteiger partial charge in [-0.1, -0.05) is 32.0 Å². The van der Waals surface area contributed by atoms with E-state index in [1.54, 1.807) is 12.4 Å². The van der Waals surface area contributed by atoms with Crippen LogP contribution >= 0.6 is 24.8 Å². The number of hydrogen-bond donors (Lipinski definition) is 0. The van der Waals surface area contributed by atoms with Crippen LogP contribution in [0.1, 0.15) is 26.7 Å². The average molecular weight is 448 g/mol. The van der Waals surface area contributed by atoms with Crippen molar-refractivity contribution in [1.29, 1.82) is 0 Å². The van der Waals surface area contributed by atoms with E-state index in [2.05, 4.69) is 34.2 Å². The lowest BCUT2D eigenvalue weighted by Gasteiger charge is -2.33. The lowest BCUT2D eigenvalue weighted by atomic mass is 10.1. The van der Waals surface area contributed by atoms with Gasteiger partial charge >= 0.3 is 0 Å². The van der Waals surface area contributed by atoms with Crippen LogP contribution in [0.2, 0.25) is 0 Å². The van der Waals surface area contributed by atoms with E-state index < -0.39 is 0 Å². The van der Waals surface area contributed by atoms with Gasteiger partial charge in [-0.15, -0.1) is 24.8 Å². The van der Waals surface area contributed by atoms with Gasteiger partial charge in [0.05, 0.1) is 17.4 Å². The predicted molar refractivity (Wildman–Crippen MR) is 125 cm³/mol. The summed E-state index contributed by atoms with van der Waals surface area (Å²) >= 11 is 0. The minimum Gasteiger partial charge on any atom is -0.489 e. The molecule has 5 nitrogen and oxygen atoms in total. The third-order valence-electron chi connectivity index (χ3n) is 5.19. The summed E-state index contributed by atoms with van der Waals surface area (Å²) in [7, 11) is 0. The van der Waals surface area contributed by atoms with Crippen LogP contribution < -0.4 is 4.74 Å². The Morgan fingerprint density at radius 2 is 1.83 bits per heavy atom. The average Bonchev–Trinajstić information content (AvgIpc) is 2.74. The standard InChI is InChI=1S/C23H25N3O2.2ClH/c1-16(2)23(27)26-12-9-19(10-13-26)28-20-7-8-21(25-15-20)18-6-5-17-4-3-11-24-22(17)14-18;;/h3-8,11,14-16,19H,9-10,12-13H2,1-2H3;2*1H. The summed E-state index contributed by atoms with van der Waals surface area (Å²) in [6.07, 6.45) is 5.43. The van der Waals surface area contributed by atoms with Gasteiger partial charge in [-0.2, -0.15) is 0 Å². The van der Waals surface area contributed by atoms with Gasteiger partial charge in [0.1, 0.15) is 11.9 Å². The molecule has 7 heteroatoms. The molecule has 2 aromatic heterocycles. The molecule has 3 heterocycles. The molecular weight excluding hydrogens is 421 g/mol. The van der Waals surface area contributed by atoms with Gasteiger partial charge in [0, 0.05) is 49.0 Å². The smallest absolute Gasteiger partial charge is 0.225 e. The number of fused-ring (bicyclic) bond motifs is 1. The second kappa shape index (κ2) is 10.6. The highest BCUT2D eigenvalue weighted by atomic mass is 35.5. The van der Waals surface area contributed by atoms with E-state index in [1.165, 1.54) is 0 Å². The Morgan fingerprint density at radius 1 is 1.07 bits per heavy atom. The molecule has 0 N–H and O–H groups in total. The van der Waals surface area contributed by atoms with Crippen LogP contribution in [-0.2, 0) is 4.79 Å². The molecule has 1 aliphatic heterocycles. The number of halogens is 2. The molecule has 30 heavy (non-hydrogen) atoms. The molecule has 0 spiro atoms. The highest BCUT2D eigenvalue weighted by molar-refractivity contribution is 5.86. The number of pyridine rings is 2. The topological polar surface area (TPSA) is 55.3 Å². The molecule has 0 bridgehead atoms. The Labute approximate surface area is 189 Å². The van der Waals surface area contributed by atoms with E-state index >= 15 is 0 Å². The van der Waals surface area contributed by atoms with E-state index in [0.717, 1.165) is 53.8 Å². The molecule has 160 valence electrons. The molecule has 1 aliphatic rings. The molecule has 1 fully saturated rings. The monoisotopic (exact) mass is 447 g/mol. The fourth-order valence-electron chi connectivity index (χ4n) is 3.60. The number of benzene rings is 1. The van der Waals surface area contributed by atoms with E-state index in [9.17, 15) is 4.79 Å². The number of carbonyl (C=O) groups excluding carboxylic acids is 1. The van der Waals surface area contributed by atoms with Crippen LogP contribution in [0.25, 0.3) is 22.2 Å². The molecule has 0 unspecified atom stereocenters. The van der Waals surface area contributed by atoms with Crippen LogP contribution in [0.3, 0.4) is 0 Å². The number of ether oxygens (including phenoxy) is 1. The van der Waals surface area contributed by atoms with E-state index in [1.807, 2.05) is 36.9 Å². The molecule has 3 aromatic rings. The molecular formula is C23H27Cl2N3O2. The Hall–Kier alpha value is -2.37. The second-order valence-corrected chi connectivity index (χ2v) is 7.59. The zero-order chi connectivity index (χ0) is 19.5. The number of aromatic nitrogens is 2. The van der Waals surface area contributed by atoms with Crippen molar-refractivity contribution in [3.8, 4) is 17.0 Å². The van der Waals surface area contributed by atoms with E-state index in [4.69, 9.17) is 4.74 Å². The summed E-state index contributed by atoms with van der Waals surface area (Å²) in [4.78, 5) is 23.0. The summed E-state index contributed by atoms with van der Waals surface area (Å²) < 4.78 is 6.09. The lowest BCUT2D eigenvalue weighted by molar-refractivity contribution is -0.136. The third kappa shape index (κ3) is 5.41. The zero-order valence-corrected chi connectivity index (χ0v) is 18.8. The molecule has 0 aliphatic carbocycles. The Morgan fingerprint density at radius 3 is 2.50 bits per heavy atom. The number of carbonyl (C=O) groups is 1. The van der Waals surface area contributed by atoms with Crippen molar-refractivity contribution in [2.75, 3.05) is 13.1 Å². The zero-order valence-electron chi connectivity index (χ0n) is 17.2. The fourth-order valence-corrected chi connectivity index (χ4v) is 3.60. The summed E-state index contributed by atoms with van der Waals surface area (Å²) in [6.45, 7) is 5.42. The second-order valence-electron chi connectivity index (χ2n) is 7.59. The predicted octanol–water partition coefficient (Wildman–Crippen LogP) is 5.17. The summed E-state index contributed by atoms with van der Waals surface area (Å²) in [5, 5.41) is 1.12. The van der Waals surface area contributed by atoms with Crippen molar-refractivity contribution in [3.63, 3.8) is 0 Å². The van der Waals surface area contributed by atoms with Crippen molar-refractivity contribution in [2.24, 2.45) is 5.92 Å². The largest absolute Gasteiger partial charge is 0.489 e. The molecule has 1 amide bonds. The van der Waals surface area contributed by atoms with E-state index in [-0.39, 0.29) is 42.7 Å². The molecule has 1 aromatic carbocycles. The van der Waals surface area contributed by atoms with Crippen LogP contribution in [0.5, 0.6) is 5.75 Å². The van der Waals surface area contributed by atoms with Gasteiger partial charge in [-0.05, 0) is 24.3 Å². The molecule has 4 rings (SSSR count). The van der Waals surface area contributed by atoms with Crippen molar-refractivity contribution in [2.45, 2.75) is 32.8 Å². The molecule has 0 radical (unpaired) electrons. The summed E-state index contributed by atoms with van der Waals surface area (Å²) in [5.74, 6) is 1.06. The number of likely N-dealkylation sites (tertiary alicyclic amines) is 1. The van der Waals surface area contributed by atoms with E-state index in [0.29, 0.717) is 0 Å². The van der Waals surface area contributed by atoms with Gasteiger partial charge in [-0.25, -0.2) is 0 Å². The number of piperidine rings is 1.